The Morgan fingerprint density at radius 2 is 2.44 bits per heavy atom. The lowest BCUT2D eigenvalue weighted by molar-refractivity contribution is -0.113. The summed E-state index contributed by atoms with van der Waals surface area (Å²) in [5, 5.41) is 0. The molecule has 1 aromatic rings. The van der Waals surface area contributed by atoms with Crippen molar-refractivity contribution in [2.24, 2.45) is 7.05 Å². The minimum absolute atomic E-state index is 0.133. The summed E-state index contributed by atoms with van der Waals surface area (Å²) in [7, 11) is 2.01. The molecule has 0 aliphatic carbocycles. The van der Waals surface area contributed by atoms with Crippen molar-refractivity contribution < 1.29 is 4.79 Å². The number of rotatable bonds is 4. The van der Waals surface area contributed by atoms with Crippen LogP contribution in [-0.2, 0) is 18.3 Å². The molecule has 1 fully saturated rings. The van der Waals surface area contributed by atoms with E-state index >= 15 is 0 Å². The molecule has 1 unspecified atom stereocenters. The minimum Gasteiger partial charge on any atom is -0.338 e. The van der Waals surface area contributed by atoms with E-state index in [9.17, 15) is 4.79 Å². The fraction of sp³-hybridized carbons (Fsp3) is 0.667. The Kier molecular flexibility index (Phi) is 3.72. The van der Waals surface area contributed by atoms with Crippen LogP contribution in [0.1, 0.15) is 25.1 Å². The van der Waals surface area contributed by atoms with Crippen LogP contribution in [0.25, 0.3) is 0 Å². The number of aromatic nitrogens is 2. The summed E-state index contributed by atoms with van der Waals surface area (Å²) < 4.78 is 2.04. The first kappa shape index (κ1) is 11.3. The number of likely N-dealkylation sites (tertiary alicyclic amines) is 1. The Morgan fingerprint density at radius 3 is 3.12 bits per heavy atom. The molecule has 1 atom stereocenters. The van der Waals surface area contributed by atoms with E-state index in [1.54, 1.807) is 0 Å². The second kappa shape index (κ2) is 5.25. The van der Waals surface area contributed by atoms with Gasteiger partial charge in [0, 0.05) is 32.4 Å². The number of hydrogen-bond donors (Lipinski definition) is 0. The molecule has 0 bridgehead atoms. The minimum atomic E-state index is 0.133. The van der Waals surface area contributed by atoms with Gasteiger partial charge in [-0.25, -0.2) is 4.98 Å². The monoisotopic (exact) mass is 221 g/mol. The fourth-order valence-corrected chi connectivity index (χ4v) is 2.33. The molecule has 1 aliphatic rings. The van der Waals surface area contributed by atoms with Gasteiger partial charge in [-0.3, -0.25) is 4.90 Å². The summed E-state index contributed by atoms with van der Waals surface area (Å²) in [6, 6.07) is 0.133. The van der Waals surface area contributed by atoms with Gasteiger partial charge < -0.3 is 9.36 Å². The molecule has 0 N–H and O–H groups in total. The van der Waals surface area contributed by atoms with Gasteiger partial charge in [0.15, 0.2) is 0 Å². The number of carbonyl (C=O) groups is 1. The largest absolute Gasteiger partial charge is 0.338 e. The number of nitrogens with zero attached hydrogens (tertiary/aromatic N) is 3. The zero-order valence-corrected chi connectivity index (χ0v) is 9.80. The Balaban J connectivity index is 1.89. The summed E-state index contributed by atoms with van der Waals surface area (Å²) >= 11 is 0. The number of hydrogen-bond acceptors (Lipinski definition) is 3. The van der Waals surface area contributed by atoms with Crippen LogP contribution in [0.15, 0.2) is 12.4 Å². The van der Waals surface area contributed by atoms with Crippen LogP contribution < -0.4 is 0 Å². The Morgan fingerprint density at radius 1 is 1.56 bits per heavy atom. The van der Waals surface area contributed by atoms with Gasteiger partial charge >= 0.3 is 0 Å². The summed E-state index contributed by atoms with van der Waals surface area (Å²) in [6.45, 7) is 1.99. The van der Waals surface area contributed by atoms with E-state index in [4.69, 9.17) is 0 Å². The predicted molar refractivity (Wildman–Crippen MR) is 62.2 cm³/mol. The van der Waals surface area contributed by atoms with Crippen molar-refractivity contribution in [2.75, 3.05) is 13.1 Å². The topological polar surface area (TPSA) is 38.1 Å². The fourth-order valence-electron chi connectivity index (χ4n) is 2.33. The molecular formula is C12H19N3O. The normalized spacial score (nSPS) is 22.2. The predicted octanol–water partition coefficient (Wildman–Crippen LogP) is 1.02. The maximum absolute atomic E-state index is 10.9. The molecule has 0 spiro atoms. The van der Waals surface area contributed by atoms with Crippen molar-refractivity contribution in [1.29, 1.82) is 0 Å². The highest BCUT2D eigenvalue weighted by atomic mass is 16.1. The number of piperidine rings is 1. The summed E-state index contributed by atoms with van der Waals surface area (Å²) in [4.78, 5) is 17.5. The second-order valence-corrected chi connectivity index (χ2v) is 4.44. The van der Waals surface area contributed by atoms with E-state index in [-0.39, 0.29) is 6.04 Å². The maximum atomic E-state index is 10.9. The van der Waals surface area contributed by atoms with Crippen molar-refractivity contribution in [3.8, 4) is 0 Å². The molecule has 0 radical (unpaired) electrons. The van der Waals surface area contributed by atoms with E-state index < -0.39 is 0 Å². The molecule has 16 heavy (non-hydrogen) atoms. The third kappa shape index (κ3) is 2.50. The smallest absolute Gasteiger partial charge is 0.137 e. The highest BCUT2D eigenvalue weighted by Gasteiger charge is 2.21. The third-order valence-corrected chi connectivity index (χ3v) is 3.36. The molecule has 1 saturated heterocycles. The summed E-state index contributed by atoms with van der Waals surface area (Å²) in [6.07, 6.45) is 9.22. The van der Waals surface area contributed by atoms with Gasteiger partial charge in [0.1, 0.15) is 12.1 Å². The number of aryl methyl sites for hydroxylation is 1. The van der Waals surface area contributed by atoms with Crippen LogP contribution in [-0.4, -0.2) is 39.9 Å². The lowest BCUT2D eigenvalue weighted by Gasteiger charge is -2.31. The number of aldehydes is 1. The van der Waals surface area contributed by atoms with Crippen molar-refractivity contribution in [2.45, 2.75) is 31.7 Å². The summed E-state index contributed by atoms with van der Waals surface area (Å²) in [5.41, 5.74) is 0. The Labute approximate surface area is 96.3 Å². The number of carbonyl (C=O) groups excluding carboxylic acids is 1. The first-order valence-corrected chi connectivity index (χ1v) is 5.97. The van der Waals surface area contributed by atoms with E-state index in [2.05, 4.69) is 9.88 Å². The van der Waals surface area contributed by atoms with E-state index in [0.29, 0.717) is 0 Å². The highest BCUT2D eigenvalue weighted by molar-refractivity contribution is 5.57. The first-order chi connectivity index (χ1) is 7.81. The van der Waals surface area contributed by atoms with Crippen LogP contribution in [0.3, 0.4) is 0 Å². The highest BCUT2D eigenvalue weighted by Crippen LogP contribution is 2.15. The second-order valence-electron chi connectivity index (χ2n) is 4.44. The molecule has 1 aliphatic heterocycles. The molecule has 88 valence electrons. The van der Waals surface area contributed by atoms with Crippen molar-refractivity contribution in [1.82, 2.24) is 14.5 Å². The standard InChI is InChI=1S/C12H19N3O/c1-14-9-6-13-12(14)5-8-15-7-3-2-4-11(15)10-16/h6,9-11H,2-5,7-8H2,1H3. The molecule has 4 heteroatoms. The van der Waals surface area contributed by atoms with Crippen molar-refractivity contribution >= 4 is 6.29 Å². The third-order valence-electron chi connectivity index (χ3n) is 3.36. The Bertz CT molecular complexity index is 348. The molecule has 2 rings (SSSR count). The van der Waals surface area contributed by atoms with E-state index in [0.717, 1.165) is 38.0 Å². The Hall–Kier alpha value is -1.16. The van der Waals surface area contributed by atoms with Gasteiger partial charge in [-0.1, -0.05) is 6.42 Å². The molecule has 2 heterocycles. The molecule has 0 aromatic carbocycles. The van der Waals surface area contributed by atoms with Crippen LogP contribution in [0.4, 0.5) is 0 Å². The molecular weight excluding hydrogens is 202 g/mol. The molecule has 4 nitrogen and oxygen atoms in total. The van der Waals surface area contributed by atoms with Crippen molar-refractivity contribution in [3.05, 3.63) is 18.2 Å². The van der Waals surface area contributed by atoms with E-state index in [1.165, 1.54) is 12.8 Å². The lowest BCUT2D eigenvalue weighted by atomic mass is 10.0. The maximum Gasteiger partial charge on any atom is 0.137 e. The van der Waals surface area contributed by atoms with Gasteiger partial charge in [-0.05, 0) is 19.4 Å². The van der Waals surface area contributed by atoms with Crippen molar-refractivity contribution in [3.63, 3.8) is 0 Å². The SMILES string of the molecule is Cn1ccnc1CCN1CCCCC1C=O. The van der Waals surface area contributed by atoms with Crippen LogP contribution in [0.5, 0.6) is 0 Å². The first-order valence-electron chi connectivity index (χ1n) is 5.97. The molecule has 1 aromatic heterocycles. The molecule has 0 amide bonds. The number of imidazole rings is 1. The quantitative estimate of drug-likeness (QED) is 0.712. The zero-order chi connectivity index (χ0) is 11.4. The average Bonchev–Trinajstić information content (AvgIpc) is 2.72. The lowest BCUT2D eigenvalue weighted by Crippen LogP contribution is -2.41. The van der Waals surface area contributed by atoms with Gasteiger partial charge in [-0.15, -0.1) is 0 Å². The van der Waals surface area contributed by atoms with Crippen LogP contribution >= 0.6 is 0 Å². The van der Waals surface area contributed by atoms with Gasteiger partial charge in [-0.2, -0.15) is 0 Å². The summed E-state index contributed by atoms with van der Waals surface area (Å²) in [5.74, 6) is 1.09. The van der Waals surface area contributed by atoms with E-state index in [1.807, 2.05) is 24.0 Å². The van der Waals surface area contributed by atoms with Gasteiger partial charge in [0.25, 0.3) is 0 Å². The van der Waals surface area contributed by atoms with Crippen LogP contribution in [0, 0.1) is 0 Å². The zero-order valence-electron chi connectivity index (χ0n) is 9.80. The molecule has 0 saturated carbocycles. The van der Waals surface area contributed by atoms with Gasteiger partial charge in [0.2, 0.25) is 0 Å². The van der Waals surface area contributed by atoms with Gasteiger partial charge in [0.05, 0.1) is 6.04 Å². The average molecular weight is 221 g/mol. The van der Waals surface area contributed by atoms with Crippen LogP contribution in [0.2, 0.25) is 0 Å².